The van der Waals surface area contributed by atoms with Crippen molar-refractivity contribution >= 4 is 22.6 Å². The van der Waals surface area contributed by atoms with Crippen LogP contribution in [0, 0.1) is 17.2 Å². The molecular formula is C18H18N2O3. The van der Waals surface area contributed by atoms with Gasteiger partial charge in [-0.1, -0.05) is 49.4 Å². The number of carboxylic acids is 1. The first-order valence-corrected chi connectivity index (χ1v) is 7.38. The molecule has 0 aliphatic carbocycles. The number of fused-ring (bicyclic) bond motifs is 1. The van der Waals surface area contributed by atoms with Crippen LogP contribution in [0.15, 0.2) is 42.5 Å². The summed E-state index contributed by atoms with van der Waals surface area (Å²) < 4.78 is 0. The predicted octanol–water partition coefficient (Wildman–Crippen LogP) is 2.50. The maximum Gasteiger partial charge on any atom is 0.326 e. The summed E-state index contributed by atoms with van der Waals surface area (Å²) in [4.78, 5) is 23.4. The van der Waals surface area contributed by atoms with E-state index in [9.17, 15) is 14.7 Å². The number of amides is 1. The molecule has 0 unspecified atom stereocenters. The molecule has 0 heterocycles. The molecule has 5 nitrogen and oxygen atoms in total. The van der Waals surface area contributed by atoms with Gasteiger partial charge in [0.1, 0.15) is 6.04 Å². The number of carboxylic acid groups (broad SMARTS) is 1. The van der Waals surface area contributed by atoms with Gasteiger partial charge in [0.25, 0.3) is 0 Å². The van der Waals surface area contributed by atoms with Crippen LogP contribution < -0.4 is 5.32 Å². The number of carbonyl (C=O) groups excluding carboxylic acids is 1. The van der Waals surface area contributed by atoms with Crippen LogP contribution in [0.1, 0.15) is 18.9 Å². The zero-order valence-electron chi connectivity index (χ0n) is 12.8. The topological polar surface area (TPSA) is 90.2 Å². The van der Waals surface area contributed by atoms with Gasteiger partial charge in [0.15, 0.2) is 0 Å². The minimum absolute atomic E-state index is 0.0766. The molecule has 0 aliphatic heterocycles. The Morgan fingerprint density at radius 3 is 2.57 bits per heavy atom. The summed E-state index contributed by atoms with van der Waals surface area (Å²) in [5, 5.41) is 22.5. The van der Waals surface area contributed by atoms with Crippen LogP contribution in [0.3, 0.4) is 0 Å². The van der Waals surface area contributed by atoms with Gasteiger partial charge >= 0.3 is 5.97 Å². The number of hydrogen-bond acceptors (Lipinski definition) is 3. The first kappa shape index (κ1) is 16.5. The number of hydrogen-bond donors (Lipinski definition) is 2. The minimum Gasteiger partial charge on any atom is -0.480 e. The Morgan fingerprint density at radius 1 is 1.22 bits per heavy atom. The van der Waals surface area contributed by atoms with Crippen LogP contribution in [0.2, 0.25) is 0 Å². The number of aliphatic carboxylic acids is 1. The Morgan fingerprint density at radius 2 is 1.91 bits per heavy atom. The third-order valence-corrected chi connectivity index (χ3v) is 3.74. The maximum atomic E-state index is 12.1. The molecule has 0 fully saturated rings. The van der Waals surface area contributed by atoms with Crippen molar-refractivity contribution in [3.63, 3.8) is 0 Å². The monoisotopic (exact) mass is 310 g/mol. The zero-order chi connectivity index (χ0) is 16.8. The molecule has 0 aromatic heterocycles. The molecule has 2 aromatic rings. The molecule has 23 heavy (non-hydrogen) atoms. The van der Waals surface area contributed by atoms with Gasteiger partial charge in [0, 0.05) is 12.3 Å². The van der Waals surface area contributed by atoms with Crippen LogP contribution in [-0.4, -0.2) is 23.0 Å². The molecule has 5 heteroatoms. The Bertz CT molecular complexity index is 764. The minimum atomic E-state index is -1.13. The van der Waals surface area contributed by atoms with Crippen molar-refractivity contribution in [2.45, 2.75) is 25.8 Å². The van der Waals surface area contributed by atoms with Gasteiger partial charge in [-0.15, -0.1) is 0 Å². The number of nitrogens with one attached hydrogen (secondary N) is 1. The quantitative estimate of drug-likeness (QED) is 0.857. The van der Waals surface area contributed by atoms with Crippen molar-refractivity contribution in [1.29, 1.82) is 5.26 Å². The molecular weight excluding hydrogens is 292 g/mol. The highest BCUT2D eigenvalue weighted by Crippen LogP contribution is 2.16. The van der Waals surface area contributed by atoms with Gasteiger partial charge < -0.3 is 10.4 Å². The van der Waals surface area contributed by atoms with Gasteiger partial charge in [-0.05, 0) is 16.3 Å². The Labute approximate surface area is 134 Å². The second-order valence-corrected chi connectivity index (χ2v) is 5.58. The highest BCUT2D eigenvalue weighted by molar-refractivity contribution is 5.87. The zero-order valence-corrected chi connectivity index (χ0v) is 12.8. The van der Waals surface area contributed by atoms with E-state index in [-0.39, 0.29) is 18.7 Å². The SMILES string of the molecule is C[C@@H](CC#N)[C@@H](NC(=O)Cc1ccc2ccccc2c1)C(=O)O. The average Bonchev–Trinajstić information content (AvgIpc) is 2.52. The predicted molar refractivity (Wildman–Crippen MR) is 86.6 cm³/mol. The molecule has 118 valence electrons. The van der Waals surface area contributed by atoms with Crippen LogP contribution in [0.4, 0.5) is 0 Å². The lowest BCUT2D eigenvalue weighted by atomic mass is 9.98. The van der Waals surface area contributed by atoms with Crippen molar-refractivity contribution in [3.05, 3.63) is 48.0 Å². The Hall–Kier alpha value is -2.87. The van der Waals surface area contributed by atoms with E-state index in [1.807, 2.05) is 48.5 Å². The number of carbonyl (C=O) groups is 2. The molecule has 0 saturated carbocycles. The molecule has 0 bridgehead atoms. The third kappa shape index (κ3) is 4.30. The summed E-state index contributed by atoms with van der Waals surface area (Å²) in [6, 6.07) is 14.4. The number of nitrogens with zero attached hydrogens (tertiary/aromatic N) is 1. The summed E-state index contributed by atoms with van der Waals surface area (Å²) in [5.74, 6) is -1.94. The maximum absolute atomic E-state index is 12.1. The van der Waals surface area contributed by atoms with E-state index in [0.29, 0.717) is 0 Å². The first-order chi connectivity index (χ1) is 11.0. The van der Waals surface area contributed by atoms with Crippen LogP contribution >= 0.6 is 0 Å². The number of nitriles is 1. The van der Waals surface area contributed by atoms with E-state index in [1.54, 1.807) is 6.92 Å². The van der Waals surface area contributed by atoms with E-state index in [0.717, 1.165) is 16.3 Å². The average molecular weight is 310 g/mol. The normalized spacial score (nSPS) is 13.0. The fourth-order valence-electron chi connectivity index (χ4n) is 2.47. The smallest absolute Gasteiger partial charge is 0.326 e. The molecule has 0 spiro atoms. The standard InChI is InChI=1S/C18H18N2O3/c1-12(8-9-19)17(18(22)23)20-16(21)11-13-6-7-14-4-2-3-5-15(14)10-13/h2-7,10,12,17H,8,11H2,1H3,(H,20,21)(H,22,23)/t12-,17+/m0/s1. The largest absolute Gasteiger partial charge is 0.480 e. The summed E-state index contributed by atoms with van der Waals surface area (Å²) >= 11 is 0. The molecule has 2 atom stereocenters. The van der Waals surface area contributed by atoms with E-state index in [1.165, 1.54) is 0 Å². The lowest BCUT2D eigenvalue weighted by Gasteiger charge is -2.19. The van der Waals surface area contributed by atoms with E-state index >= 15 is 0 Å². The molecule has 0 radical (unpaired) electrons. The molecule has 0 saturated heterocycles. The van der Waals surface area contributed by atoms with Gasteiger partial charge in [-0.25, -0.2) is 4.79 Å². The fraction of sp³-hybridized carbons (Fsp3) is 0.278. The summed E-state index contributed by atoms with van der Waals surface area (Å²) in [6.45, 7) is 1.64. The highest BCUT2D eigenvalue weighted by Gasteiger charge is 2.26. The molecule has 2 aromatic carbocycles. The second kappa shape index (κ2) is 7.41. The van der Waals surface area contributed by atoms with Crippen LogP contribution in [0.5, 0.6) is 0 Å². The number of benzene rings is 2. The lowest BCUT2D eigenvalue weighted by molar-refractivity contribution is -0.143. The third-order valence-electron chi connectivity index (χ3n) is 3.74. The van der Waals surface area contributed by atoms with Crippen molar-refractivity contribution in [2.24, 2.45) is 5.92 Å². The van der Waals surface area contributed by atoms with Gasteiger partial charge in [0.05, 0.1) is 12.5 Å². The molecule has 2 N–H and O–H groups in total. The second-order valence-electron chi connectivity index (χ2n) is 5.58. The molecule has 1 amide bonds. The van der Waals surface area contributed by atoms with E-state index in [2.05, 4.69) is 5.32 Å². The molecule has 0 aliphatic rings. The van der Waals surface area contributed by atoms with E-state index < -0.39 is 17.9 Å². The Balaban J connectivity index is 2.07. The van der Waals surface area contributed by atoms with Crippen LogP contribution in [0.25, 0.3) is 10.8 Å². The van der Waals surface area contributed by atoms with Crippen molar-refractivity contribution in [3.8, 4) is 6.07 Å². The summed E-state index contributed by atoms with van der Waals surface area (Å²) in [5.41, 5.74) is 0.818. The van der Waals surface area contributed by atoms with Crippen LogP contribution in [-0.2, 0) is 16.0 Å². The summed E-state index contributed by atoms with van der Waals surface area (Å²) in [7, 11) is 0. The lowest BCUT2D eigenvalue weighted by Crippen LogP contribution is -2.45. The van der Waals surface area contributed by atoms with Gasteiger partial charge in [-0.2, -0.15) is 5.26 Å². The van der Waals surface area contributed by atoms with Crippen molar-refractivity contribution < 1.29 is 14.7 Å². The van der Waals surface area contributed by atoms with Crippen molar-refractivity contribution in [1.82, 2.24) is 5.32 Å². The molecule has 2 rings (SSSR count). The van der Waals surface area contributed by atoms with Crippen molar-refractivity contribution in [2.75, 3.05) is 0 Å². The summed E-state index contributed by atoms with van der Waals surface area (Å²) in [6.07, 6.45) is 0.182. The van der Waals surface area contributed by atoms with E-state index in [4.69, 9.17) is 5.26 Å². The highest BCUT2D eigenvalue weighted by atomic mass is 16.4. The Kier molecular flexibility index (Phi) is 5.32. The number of rotatable bonds is 6. The fourth-order valence-corrected chi connectivity index (χ4v) is 2.47. The first-order valence-electron chi connectivity index (χ1n) is 7.38. The van der Waals surface area contributed by atoms with Gasteiger partial charge in [-0.3, -0.25) is 4.79 Å². The van der Waals surface area contributed by atoms with Gasteiger partial charge in [0.2, 0.25) is 5.91 Å².